The van der Waals surface area contributed by atoms with Gasteiger partial charge in [-0.25, -0.2) is 0 Å². The van der Waals surface area contributed by atoms with Gasteiger partial charge in [0, 0.05) is 37.6 Å². The molecule has 2 N–H and O–H groups in total. The zero-order chi connectivity index (χ0) is 13.5. The van der Waals surface area contributed by atoms with Crippen molar-refractivity contribution in [3.63, 3.8) is 0 Å². The van der Waals surface area contributed by atoms with Crippen LogP contribution in [0, 0.1) is 0 Å². The Bertz CT molecular complexity index is 364. The molecular weight excluding hydrogens is 276 g/mol. The fourth-order valence-electron chi connectivity index (χ4n) is 2.18. The molecule has 19 heavy (non-hydrogen) atoms. The Kier molecular flexibility index (Phi) is 6.67. The summed E-state index contributed by atoms with van der Waals surface area (Å²) in [7, 11) is 0. The number of piperazine rings is 1. The Morgan fingerprint density at radius 2 is 2.21 bits per heavy atom. The Hall–Kier alpha value is -0.0700. The first-order valence-corrected chi connectivity index (χ1v) is 8.93. The van der Waals surface area contributed by atoms with Crippen LogP contribution in [0.4, 0.5) is 0 Å². The highest BCUT2D eigenvalue weighted by Crippen LogP contribution is 2.32. The number of aliphatic hydroxyl groups excluding tert-OH is 1. The number of nitrogens with zero attached hydrogens (tertiary/aromatic N) is 1. The van der Waals surface area contributed by atoms with Gasteiger partial charge in [0.05, 0.1) is 10.3 Å². The minimum absolute atomic E-state index is 0.295. The van der Waals surface area contributed by atoms with Gasteiger partial charge in [0.1, 0.15) is 0 Å². The molecule has 0 radical (unpaired) electrons. The van der Waals surface area contributed by atoms with E-state index in [1.54, 1.807) is 11.3 Å². The van der Waals surface area contributed by atoms with Gasteiger partial charge in [-0.05, 0) is 30.7 Å². The molecule has 5 heteroatoms. The quantitative estimate of drug-likeness (QED) is 0.759. The minimum Gasteiger partial charge on any atom is -0.388 e. The molecule has 3 nitrogen and oxygen atoms in total. The average Bonchev–Trinajstić information content (AvgIpc) is 2.92. The summed E-state index contributed by atoms with van der Waals surface area (Å²) in [6, 6.07) is 4.24. The van der Waals surface area contributed by atoms with Crippen LogP contribution in [0.15, 0.2) is 16.3 Å². The molecule has 108 valence electrons. The van der Waals surface area contributed by atoms with E-state index in [2.05, 4.69) is 29.3 Å². The molecule has 2 rings (SSSR count). The second-order valence-electron chi connectivity index (χ2n) is 4.90. The Morgan fingerprint density at radius 1 is 1.42 bits per heavy atom. The Morgan fingerprint density at radius 3 is 2.95 bits per heavy atom. The van der Waals surface area contributed by atoms with Crippen molar-refractivity contribution in [2.75, 3.05) is 38.5 Å². The van der Waals surface area contributed by atoms with E-state index in [1.807, 2.05) is 11.8 Å². The van der Waals surface area contributed by atoms with Gasteiger partial charge in [0.25, 0.3) is 0 Å². The molecule has 1 unspecified atom stereocenters. The number of hydrogen-bond acceptors (Lipinski definition) is 5. The van der Waals surface area contributed by atoms with E-state index >= 15 is 0 Å². The third-order valence-corrected chi connectivity index (χ3v) is 5.93. The van der Waals surface area contributed by atoms with Gasteiger partial charge in [-0.2, -0.15) is 0 Å². The van der Waals surface area contributed by atoms with Gasteiger partial charge in [0.15, 0.2) is 0 Å². The van der Waals surface area contributed by atoms with E-state index in [-0.39, 0.29) is 6.10 Å². The number of thioether (sulfide) groups is 1. The highest BCUT2D eigenvalue weighted by Gasteiger charge is 2.14. The van der Waals surface area contributed by atoms with Gasteiger partial charge in [-0.3, -0.25) is 0 Å². The molecule has 0 aliphatic carbocycles. The summed E-state index contributed by atoms with van der Waals surface area (Å²) in [5.74, 6) is 1.16. The van der Waals surface area contributed by atoms with E-state index in [0.29, 0.717) is 0 Å². The molecule has 1 aromatic rings. The summed E-state index contributed by atoms with van der Waals surface area (Å²) in [6.07, 6.45) is 1.75. The summed E-state index contributed by atoms with van der Waals surface area (Å²) in [6.45, 7) is 7.56. The van der Waals surface area contributed by atoms with Crippen LogP contribution >= 0.6 is 23.1 Å². The molecule has 0 aromatic carbocycles. The number of aliphatic hydroxyl groups is 1. The fourth-order valence-corrected chi connectivity index (χ4v) is 4.28. The van der Waals surface area contributed by atoms with Crippen molar-refractivity contribution in [2.24, 2.45) is 0 Å². The lowest BCUT2D eigenvalue weighted by molar-refractivity contribution is 0.139. The van der Waals surface area contributed by atoms with Crippen molar-refractivity contribution in [1.82, 2.24) is 10.2 Å². The fraction of sp³-hybridized carbons (Fsp3) is 0.714. The summed E-state index contributed by atoms with van der Waals surface area (Å²) >= 11 is 3.64. The number of hydrogen-bond donors (Lipinski definition) is 2. The standard InChI is InChI=1S/C14H24N2OS2/c1-2-11-18-14-4-3-13(19-14)12(17)5-8-16-9-6-15-7-10-16/h3-4,12,15,17H,2,5-11H2,1H3. The smallest absolute Gasteiger partial charge is 0.0894 e. The topological polar surface area (TPSA) is 35.5 Å². The highest BCUT2D eigenvalue weighted by atomic mass is 32.2. The van der Waals surface area contributed by atoms with Crippen LogP contribution in [0.3, 0.4) is 0 Å². The van der Waals surface area contributed by atoms with Crippen molar-refractivity contribution in [3.8, 4) is 0 Å². The van der Waals surface area contributed by atoms with Crippen LogP contribution in [-0.2, 0) is 0 Å². The summed E-state index contributed by atoms with van der Waals surface area (Å²) in [4.78, 5) is 3.55. The minimum atomic E-state index is -0.295. The van der Waals surface area contributed by atoms with Gasteiger partial charge in [-0.15, -0.1) is 23.1 Å². The predicted molar refractivity (Wildman–Crippen MR) is 84.2 cm³/mol. The lowest BCUT2D eigenvalue weighted by Crippen LogP contribution is -2.43. The summed E-state index contributed by atoms with van der Waals surface area (Å²) < 4.78 is 1.33. The molecule has 1 atom stereocenters. The van der Waals surface area contributed by atoms with E-state index < -0.39 is 0 Å². The molecule has 0 bridgehead atoms. The van der Waals surface area contributed by atoms with Crippen molar-refractivity contribution in [2.45, 2.75) is 30.1 Å². The SMILES string of the molecule is CCCSc1ccc(C(O)CCN2CCNCC2)s1. The molecule has 1 fully saturated rings. The van der Waals surface area contributed by atoms with Crippen molar-refractivity contribution in [3.05, 3.63) is 17.0 Å². The number of nitrogens with one attached hydrogen (secondary N) is 1. The summed E-state index contributed by atoms with van der Waals surface area (Å²) in [5.41, 5.74) is 0. The van der Waals surface area contributed by atoms with Crippen LogP contribution in [0.5, 0.6) is 0 Å². The first kappa shape index (κ1) is 15.3. The van der Waals surface area contributed by atoms with Gasteiger partial charge < -0.3 is 15.3 Å². The van der Waals surface area contributed by atoms with Crippen LogP contribution in [0.25, 0.3) is 0 Å². The molecule has 1 aliphatic rings. The molecule has 0 spiro atoms. The van der Waals surface area contributed by atoms with Crippen molar-refractivity contribution >= 4 is 23.1 Å². The molecular formula is C14H24N2OS2. The van der Waals surface area contributed by atoms with E-state index in [0.717, 1.165) is 49.8 Å². The van der Waals surface area contributed by atoms with Gasteiger partial charge >= 0.3 is 0 Å². The Labute approximate surface area is 124 Å². The maximum Gasteiger partial charge on any atom is 0.0894 e. The lowest BCUT2D eigenvalue weighted by Gasteiger charge is -2.27. The predicted octanol–water partition coefficient (Wildman–Crippen LogP) is 2.58. The van der Waals surface area contributed by atoms with Gasteiger partial charge in [0.2, 0.25) is 0 Å². The maximum atomic E-state index is 10.2. The zero-order valence-corrected chi connectivity index (χ0v) is 13.2. The first-order valence-electron chi connectivity index (χ1n) is 7.13. The Balaban J connectivity index is 1.75. The number of rotatable bonds is 7. The lowest BCUT2D eigenvalue weighted by atomic mass is 10.2. The van der Waals surface area contributed by atoms with Crippen molar-refractivity contribution in [1.29, 1.82) is 0 Å². The third-order valence-electron chi connectivity index (χ3n) is 3.31. The highest BCUT2D eigenvalue weighted by molar-refractivity contribution is 8.01. The maximum absolute atomic E-state index is 10.2. The van der Waals surface area contributed by atoms with Crippen LogP contribution in [0.2, 0.25) is 0 Å². The molecule has 1 aliphatic heterocycles. The van der Waals surface area contributed by atoms with E-state index in [1.165, 1.54) is 10.6 Å². The first-order chi connectivity index (χ1) is 9.29. The third kappa shape index (κ3) is 5.08. The molecule has 0 saturated carbocycles. The normalized spacial score (nSPS) is 18.6. The number of thiophene rings is 1. The largest absolute Gasteiger partial charge is 0.388 e. The van der Waals surface area contributed by atoms with Crippen LogP contribution < -0.4 is 5.32 Å². The second-order valence-corrected chi connectivity index (χ2v) is 7.41. The monoisotopic (exact) mass is 300 g/mol. The molecule has 2 heterocycles. The zero-order valence-electron chi connectivity index (χ0n) is 11.6. The van der Waals surface area contributed by atoms with Crippen LogP contribution in [-0.4, -0.2) is 48.5 Å². The molecule has 1 aromatic heterocycles. The summed E-state index contributed by atoms with van der Waals surface area (Å²) in [5, 5.41) is 13.6. The average molecular weight is 300 g/mol. The second kappa shape index (κ2) is 8.27. The van der Waals surface area contributed by atoms with E-state index in [4.69, 9.17) is 0 Å². The van der Waals surface area contributed by atoms with Crippen LogP contribution in [0.1, 0.15) is 30.7 Å². The van der Waals surface area contributed by atoms with Gasteiger partial charge in [-0.1, -0.05) is 6.92 Å². The van der Waals surface area contributed by atoms with Crippen molar-refractivity contribution < 1.29 is 5.11 Å². The molecule has 0 amide bonds. The van der Waals surface area contributed by atoms with E-state index in [9.17, 15) is 5.11 Å². The molecule has 1 saturated heterocycles.